The number of anilines is 2. The summed E-state index contributed by atoms with van der Waals surface area (Å²) in [7, 11) is 0. The lowest BCUT2D eigenvalue weighted by Gasteiger charge is -2.31. The number of aromatic nitrogens is 3. The van der Waals surface area contributed by atoms with E-state index in [1.165, 1.54) is 11.3 Å². The lowest BCUT2D eigenvalue weighted by molar-refractivity contribution is 0.0983. The number of nitrogen functional groups attached to an aromatic ring is 1. The molecule has 0 bridgehead atoms. The van der Waals surface area contributed by atoms with Crippen molar-refractivity contribution in [1.29, 1.82) is 0 Å². The third-order valence-corrected chi connectivity index (χ3v) is 6.28. The van der Waals surface area contributed by atoms with Crippen LogP contribution in [0.4, 0.5) is 15.9 Å². The van der Waals surface area contributed by atoms with Crippen molar-refractivity contribution in [3.63, 3.8) is 0 Å². The zero-order valence-electron chi connectivity index (χ0n) is 17.0. The predicted molar refractivity (Wildman–Crippen MR) is 123 cm³/mol. The van der Waals surface area contributed by atoms with Crippen molar-refractivity contribution in [2.75, 3.05) is 30.7 Å². The Morgan fingerprint density at radius 2 is 2.03 bits per heavy atom. The monoisotopic (exact) mass is 458 g/mol. The number of hydrogen-bond acceptors (Lipinski definition) is 8. The first kappa shape index (κ1) is 21.3. The van der Waals surface area contributed by atoms with Crippen LogP contribution in [0.15, 0.2) is 36.5 Å². The van der Waals surface area contributed by atoms with Crippen molar-refractivity contribution in [3.8, 4) is 21.8 Å². The van der Waals surface area contributed by atoms with Crippen molar-refractivity contribution in [3.05, 3.63) is 41.6 Å². The van der Waals surface area contributed by atoms with Gasteiger partial charge in [0.2, 0.25) is 5.95 Å². The molecule has 162 valence electrons. The normalized spacial score (nSPS) is 14.5. The summed E-state index contributed by atoms with van der Waals surface area (Å²) in [6.45, 7) is 3.54. The van der Waals surface area contributed by atoms with Gasteiger partial charge in [0.1, 0.15) is 0 Å². The number of carbonyl (C=O) groups is 1. The molecule has 31 heavy (non-hydrogen) atoms. The highest BCUT2D eigenvalue weighted by molar-refractivity contribution is 7.18. The molecule has 1 aliphatic heterocycles. The molecule has 0 saturated carbocycles. The Balaban J connectivity index is 1.45. The molecule has 0 aliphatic carbocycles. The number of carbonyl (C=O) groups excluding carboxylic acids is 1. The third kappa shape index (κ3) is 5.05. The minimum Gasteiger partial charge on any atom is -0.450 e. The van der Waals surface area contributed by atoms with Crippen LogP contribution in [0, 0.1) is 0 Å². The van der Waals surface area contributed by atoms with Gasteiger partial charge in [0.25, 0.3) is 0 Å². The molecule has 0 radical (unpaired) electrons. The number of rotatable bonds is 5. The van der Waals surface area contributed by atoms with Gasteiger partial charge in [-0.1, -0.05) is 41.1 Å². The van der Waals surface area contributed by atoms with Crippen LogP contribution < -0.4 is 11.1 Å². The SMILES string of the molecule is CCOC(=O)N1CCC(Nc2ncc(-c3cc(-c4ccccc4Cl)nc(N)n3)s2)CC1. The highest BCUT2D eigenvalue weighted by Crippen LogP contribution is 2.33. The molecule has 2 aromatic heterocycles. The maximum atomic E-state index is 11.8. The van der Waals surface area contributed by atoms with Crippen LogP contribution in [-0.4, -0.2) is 51.7 Å². The number of thiazole rings is 1. The standard InChI is InChI=1S/C21H23ClN6O2S/c1-2-30-21(29)28-9-7-13(8-10-28)25-20-24-12-18(31-20)17-11-16(26-19(23)27-17)14-5-3-4-6-15(14)22/h3-6,11-13H,2,7-10H2,1H3,(H,24,25)(H2,23,26,27). The van der Waals surface area contributed by atoms with Crippen LogP contribution in [0.5, 0.6) is 0 Å². The van der Waals surface area contributed by atoms with E-state index in [0.29, 0.717) is 36.1 Å². The summed E-state index contributed by atoms with van der Waals surface area (Å²) >= 11 is 7.82. The van der Waals surface area contributed by atoms with Gasteiger partial charge in [-0.25, -0.2) is 19.7 Å². The minimum absolute atomic E-state index is 0.182. The minimum atomic E-state index is -0.242. The second-order valence-electron chi connectivity index (χ2n) is 7.11. The van der Waals surface area contributed by atoms with Gasteiger partial charge in [0.05, 0.1) is 22.9 Å². The van der Waals surface area contributed by atoms with Crippen LogP contribution in [0.1, 0.15) is 19.8 Å². The highest BCUT2D eigenvalue weighted by Gasteiger charge is 2.24. The summed E-state index contributed by atoms with van der Waals surface area (Å²) in [6.07, 6.45) is 3.21. The summed E-state index contributed by atoms with van der Waals surface area (Å²) in [4.78, 5) is 27.7. The molecule has 3 heterocycles. The molecule has 1 aromatic carbocycles. The number of amides is 1. The van der Waals surface area contributed by atoms with Crippen molar-refractivity contribution < 1.29 is 9.53 Å². The van der Waals surface area contributed by atoms with E-state index < -0.39 is 0 Å². The Bertz CT molecular complexity index is 1070. The van der Waals surface area contributed by atoms with Crippen molar-refractivity contribution >= 4 is 40.1 Å². The van der Waals surface area contributed by atoms with Gasteiger partial charge in [0.15, 0.2) is 5.13 Å². The number of piperidine rings is 1. The molecule has 0 atom stereocenters. The van der Waals surface area contributed by atoms with Gasteiger partial charge in [-0.05, 0) is 31.9 Å². The van der Waals surface area contributed by atoms with Crippen LogP contribution in [0.3, 0.4) is 0 Å². The molecular weight excluding hydrogens is 436 g/mol. The lowest BCUT2D eigenvalue weighted by Crippen LogP contribution is -2.42. The molecule has 8 nitrogen and oxygen atoms in total. The number of likely N-dealkylation sites (tertiary alicyclic amines) is 1. The molecule has 3 N–H and O–H groups in total. The first-order valence-corrected chi connectivity index (χ1v) is 11.3. The Labute approximate surface area is 189 Å². The Morgan fingerprint density at radius 1 is 1.29 bits per heavy atom. The zero-order valence-corrected chi connectivity index (χ0v) is 18.6. The van der Waals surface area contributed by atoms with Gasteiger partial charge in [-0.15, -0.1) is 0 Å². The van der Waals surface area contributed by atoms with E-state index >= 15 is 0 Å². The van der Waals surface area contributed by atoms with Crippen molar-refractivity contribution in [2.24, 2.45) is 0 Å². The molecule has 0 spiro atoms. The van der Waals surface area contributed by atoms with E-state index in [0.717, 1.165) is 28.4 Å². The fraction of sp³-hybridized carbons (Fsp3) is 0.333. The first-order chi connectivity index (χ1) is 15.0. The van der Waals surface area contributed by atoms with Crippen molar-refractivity contribution in [2.45, 2.75) is 25.8 Å². The number of nitrogens with zero attached hydrogens (tertiary/aromatic N) is 4. The van der Waals surface area contributed by atoms with Gasteiger partial charge in [0, 0.05) is 35.9 Å². The molecular formula is C21H23ClN6O2S. The smallest absolute Gasteiger partial charge is 0.409 e. The topological polar surface area (TPSA) is 106 Å². The largest absolute Gasteiger partial charge is 0.450 e. The van der Waals surface area contributed by atoms with Crippen LogP contribution >= 0.6 is 22.9 Å². The Morgan fingerprint density at radius 3 is 2.77 bits per heavy atom. The number of nitrogens with two attached hydrogens (primary N) is 1. The molecule has 10 heteroatoms. The zero-order chi connectivity index (χ0) is 21.8. The first-order valence-electron chi connectivity index (χ1n) is 10.1. The summed E-state index contributed by atoms with van der Waals surface area (Å²) in [5.41, 5.74) is 8.13. The van der Waals surface area contributed by atoms with Crippen LogP contribution in [0.2, 0.25) is 5.02 Å². The quantitative estimate of drug-likeness (QED) is 0.578. The molecule has 1 aliphatic rings. The second kappa shape index (κ2) is 9.49. The number of hydrogen-bond donors (Lipinski definition) is 2. The Hall–Kier alpha value is -2.91. The summed E-state index contributed by atoms with van der Waals surface area (Å²) < 4.78 is 5.07. The van der Waals surface area contributed by atoms with E-state index in [9.17, 15) is 4.79 Å². The highest BCUT2D eigenvalue weighted by atomic mass is 35.5. The summed E-state index contributed by atoms with van der Waals surface area (Å²) in [6, 6.07) is 9.61. The number of benzene rings is 1. The number of nitrogens with one attached hydrogen (secondary N) is 1. The van der Waals surface area contributed by atoms with E-state index in [1.54, 1.807) is 11.1 Å². The maximum Gasteiger partial charge on any atom is 0.409 e. The molecule has 1 fully saturated rings. The predicted octanol–water partition coefficient (Wildman–Crippen LogP) is 4.54. The fourth-order valence-electron chi connectivity index (χ4n) is 3.45. The van der Waals surface area contributed by atoms with Crippen molar-refractivity contribution in [1.82, 2.24) is 19.9 Å². The summed E-state index contributed by atoms with van der Waals surface area (Å²) in [5.74, 6) is 0.182. The van der Waals surface area contributed by atoms with Crippen LogP contribution in [-0.2, 0) is 4.74 Å². The third-order valence-electron chi connectivity index (χ3n) is 5.00. The van der Waals surface area contributed by atoms with Crippen LogP contribution in [0.25, 0.3) is 21.8 Å². The van der Waals surface area contributed by atoms with E-state index in [-0.39, 0.29) is 18.1 Å². The maximum absolute atomic E-state index is 11.8. The molecule has 4 rings (SSSR count). The average Bonchev–Trinajstić information content (AvgIpc) is 3.23. The van der Waals surface area contributed by atoms with E-state index in [4.69, 9.17) is 22.1 Å². The van der Waals surface area contributed by atoms with Gasteiger partial charge < -0.3 is 20.7 Å². The number of halogens is 1. The molecule has 3 aromatic rings. The molecule has 1 amide bonds. The van der Waals surface area contributed by atoms with Gasteiger partial charge in [-0.3, -0.25) is 0 Å². The summed E-state index contributed by atoms with van der Waals surface area (Å²) in [5, 5.41) is 4.88. The van der Waals surface area contributed by atoms with E-state index in [1.807, 2.05) is 37.3 Å². The lowest BCUT2D eigenvalue weighted by atomic mass is 10.1. The van der Waals surface area contributed by atoms with E-state index in [2.05, 4.69) is 20.3 Å². The number of ether oxygens (including phenoxy) is 1. The van der Waals surface area contributed by atoms with Gasteiger partial charge >= 0.3 is 6.09 Å². The second-order valence-corrected chi connectivity index (χ2v) is 8.55. The molecule has 1 saturated heterocycles. The molecule has 0 unspecified atom stereocenters. The fourth-order valence-corrected chi connectivity index (χ4v) is 4.54. The Kier molecular flexibility index (Phi) is 6.53. The van der Waals surface area contributed by atoms with Gasteiger partial charge in [-0.2, -0.15) is 0 Å². The average molecular weight is 459 g/mol.